The lowest BCUT2D eigenvalue weighted by atomic mass is 9.91. The predicted molar refractivity (Wildman–Crippen MR) is 204 cm³/mol. The molecule has 0 radical (unpaired) electrons. The van der Waals surface area contributed by atoms with E-state index in [2.05, 4.69) is 15.3 Å². The number of β-amino-alcohol motifs (C(OH)–C–C–N with tert-alkyl or cyclic N) is 2. The Labute approximate surface area is 323 Å². The summed E-state index contributed by atoms with van der Waals surface area (Å²) >= 11 is 0. The van der Waals surface area contributed by atoms with Crippen molar-refractivity contribution in [2.75, 3.05) is 32.6 Å². The molecule has 2 fully saturated rings. The van der Waals surface area contributed by atoms with Crippen molar-refractivity contribution < 1.29 is 49.1 Å². The average Bonchev–Trinajstić information content (AvgIpc) is 3.74. The normalized spacial score (nSPS) is 19.8. The monoisotopic (exact) mass is 767 g/mol. The van der Waals surface area contributed by atoms with Crippen LogP contribution in [0.15, 0.2) is 60.9 Å². The van der Waals surface area contributed by atoms with Crippen molar-refractivity contribution in [1.82, 2.24) is 19.8 Å². The van der Waals surface area contributed by atoms with Crippen LogP contribution in [-0.4, -0.2) is 115 Å². The third kappa shape index (κ3) is 8.55. The van der Waals surface area contributed by atoms with Crippen molar-refractivity contribution in [3.05, 3.63) is 100 Å². The van der Waals surface area contributed by atoms with Gasteiger partial charge in [-0.3, -0.25) is 38.9 Å². The molecular weight excluding hydrogens is 722 g/mol. The number of nitrogens with one attached hydrogen (secondary N) is 1. The maximum atomic E-state index is 13.6. The van der Waals surface area contributed by atoms with E-state index in [0.717, 1.165) is 27.8 Å². The molecule has 2 saturated heterocycles. The summed E-state index contributed by atoms with van der Waals surface area (Å²) in [5.41, 5.74) is 6.23. The summed E-state index contributed by atoms with van der Waals surface area (Å²) in [5, 5.41) is 42.2. The number of pyridine rings is 2. The Morgan fingerprint density at radius 1 is 0.732 bits per heavy atom. The number of aromatic nitrogens is 2. The molecular formula is C41H45N5O10. The molecule has 1 amide bonds. The molecule has 0 bridgehead atoms. The number of aliphatic hydroxyl groups is 2. The molecule has 6 rings (SSSR count). The molecule has 5 N–H and O–H groups in total. The van der Waals surface area contributed by atoms with Crippen molar-refractivity contribution in [2.24, 2.45) is 0 Å². The number of benzene rings is 2. The number of amides is 1. The highest BCUT2D eigenvalue weighted by Gasteiger charge is 2.37. The maximum Gasteiger partial charge on any atom is 0.321 e. The molecule has 4 heterocycles. The molecule has 294 valence electrons. The van der Waals surface area contributed by atoms with Gasteiger partial charge in [0.2, 0.25) is 0 Å². The van der Waals surface area contributed by atoms with E-state index in [1.807, 2.05) is 44.2 Å². The van der Waals surface area contributed by atoms with E-state index in [-0.39, 0.29) is 62.6 Å². The first-order valence-corrected chi connectivity index (χ1v) is 18.2. The Morgan fingerprint density at radius 3 is 1.77 bits per heavy atom. The first-order chi connectivity index (χ1) is 26.8. The molecule has 0 saturated carbocycles. The molecule has 2 aromatic heterocycles. The fourth-order valence-electron chi connectivity index (χ4n) is 7.56. The Morgan fingerprint density at radius 2 is 1.23 bits per heavy atom. The number of ketones is 1. The number of rotatable bonds is 14. The molecule has 2 aromatic carbocycles. The molecule has 2 aliphatic heterocycles. The fourth-order valence-corrected chi connectivity index (χ4v) is 7.56. The number of anilines is 1. The Bertz CT molecular complexity index is 2010. The number of ether oxygens (including phenoxy) is 2. The second kappa shape index (κ2) is 17.0. The Balaban J connectivity index is 1.16. The Kier molecular flexibility index (Phi) is 12.1. The van der Waals surface area contributed by atoms with E-state index >= 15 is 0 Å². The zero-order valence-electron chi connectivity index (χ0n) is 31.6. The SMILES string of the molecule is COc1cc(C(=O)Cc2cccc(-c3cccc(NC(=O)c4cc(OC)c(CN5C[C@H](O)C[C@H]5C(=O)O)cn4)c3C)c2C)ncc1CN1C[C@H](O)C[C@H]1C(=O)O. The van der Waals surface area contributed by atoms with Crippen LogP contribution in [0.5, 0.6) is 11.5 Å². The smallest absolute Gasteiger partial charge is 0.321 e. The van der Waals surface area contributed by atoms with E-state index in [4.69, 9.17) is 9.47 Å². The van der Waals surface area contributed by atoms with Gasteiger partial charge in [0.1, 0.15) is 35.0 Å². The van der Waals surface area contributed by atoms with Crippen molar-refractivity contribution in [3.8, 4) is 22.6 Å². The van der Waals surface area contributed by atoms with Gasteiger partial charge in [-0.15, -0.1) is 0 Å². The molecule has 0 aliphatic carbocycles. The molecule has 15 nitrogen and oxygen atoms in total. The van der Waals surface area contributed by atoms with Crippen LogP contribution in [0.4, 0.5) is 5.69 Å². The third-order valence-electron chi connectivity index (χ3n) is 10.6. The van der Waals surface area contributed by atoms with Gasteiger partial charge < -0.3 is 35.2 Å². The van der Waals surface area contributed by atoms with Gasteiger partial charge in [-0.25, -0.2) is 0 Å². The molecule has 56 heavy (non-hydrogen) atoms. The quantitative estimate of drug-likeness (QED) is 0.116. The zero-order valence-corrected chi connectivity index (χ0v) is 31.6. The Hall–Kier alpha value is -5.74. The average molecular weight is 768 g/mol. The minimum absolute atomic E-state index is 0.0584. The fraction of sp³-hybridized carbons (Fsp3) is 0.366. The number of likely N-dealkylation sites (tertiary alicyclic amines) is 2. The van der Waals surface area contributed by atoms with E-state index < -0.39 is 42.1 Å². The largest absolute Gasteiger partial charge is 0.496 e. The highest BCUT2D eigenvalue weighted by atomic mass is 16.5. The minimum atomic E-state index is -1.02. The van der Waals surface area contributed by atoms with Gasteiger partial charge in [-0.1, -0.05) is 30.3 Å². The second-order valence-corrected chi connectivity index (χ2v) is 14.2. The van der Waals surface area contributed by atoms with Crippen molar-refractivity contribution >= 4 is 29.3 Å². The zero-order chi connectivity index (χ0) is 40.3. The summed E-state index contributed by atoms with van der Waals surface area (Å²) in [6, 6.07) is 12.6. The summed E-state index contributed by atoms with van der Waals surface area (Å²) < 4.78 is 11.1. The van der Waals surface area contributed by atoms with Crippen LogP contribution >= 0.6 is 0 Å². The molecule has 0 unspecified atom stereocenters. The van der Waals surface area contributed by atoms with Crippen molar-refractivity contribution in [3.63, 3.8) is 0 Å². The number of aliphatic carboxylic acids is 2. The summed E-state index contributed by atoms with van der Waals surface area (Å²) in [6.45, 7) is 4.59. The van der Waals surface area contributed by atoms with Gasteiger partial charge >= 0.3 is 11.9 Å². The van der Waals surface area contributed by atoms with Crippen LogP contribution in [-0.2, 0) is 29.1 Å². The first-order valence-electron chi connectivity index (χ1n) is 18.2. The van der Waals surface area contributed by atoms with Crippen LogP contribution in [0.1, 0.15) is 61.6 Å². The number of hydrogen-bond acceptors (Lipinski definition) is 12. The number of carbonyl (C=O) groups excluding carboxylic acids is 2. The predicted octanol–water partition coefficient (Wildman–Crippen LogP) is 3.49. The number of carbonyl (C=O) groups is 4. The summed E-state index contributed by atoms with van der Waals surface area (Å²) in [7, 11) is 2.93. The van der Waals surface area contributed by atoms with E-state index in [9.17, 15) is 39.6 Å². The minimum Gasteiger partial charge on any atom is -0.496 e. The van der Waals surface area contributed by atoms with Crippen molar-refractivity contribution in [1.29, 1.82) is 0 Å². The van der Waals surface area contributed by atoms with Gasteiger partial charge in [0.25, 0.3) is 5.91 Å². The summed E-state index contributed by atoms with van der Waals surface area (Å²) in [6.07, 6.45) is 1.82. The molecule has 4 aromatic rings. The van der Waals surface area contributed by atoms with Crippen LogP contribution in [0.25, 0.3) is 11.1 Å². The third-order valence-corrected chi connectivity index (χ3v) is 10.6. The number of aliphatic hydroxyl groups excluding tert-OH is 2. The number of Topliss-reactive ketones (excluding diaryl/α,β-unsaturated/α-hetero) is 1. The molecule has 0 spiro atoms. The number of carboxylic acids is 2. The van der Waals surface area contributed by atoms with Gasteiger partial charge in [-0.05, 0) is 47.7 Å². The molecule has 4 atom stereocenters. The summed E-state index contributed by atoms with van der Waals surface area (Å²) in [4.78, 5) is 62.5. The van der Waals surface area contributed by atoms with Crippen molar-refractivity contribution in [2.45, 2.75) is 70.5 Å². The van der Waals surface area contributed by atoms with Gasteiger partial charge in [0.15, 0.2) is 5.78 Å². The lowest BCUT2D eigenvalue weighted by molar-refractivity contribution is -0.143. The maximum absolute atomic E-state index is 13.6. The number of hydrogen-bond donors (Lipinski definition) is 5. The van der Waals surface area contributed by atoms with Gasteiger partial charge in [0, 0.05) is 86.8 Å². The van der Waals surface area contributed by atoms with Crippen LogP contribution in [0.2, 0.25) is 0 Å². The second-order valence-electron chi connectivity index (χ2n) is 14.2. The van der Waals surface area contributed by atoms with E-state index in [1.165, 1.54) is 32.7 Å². The first kappa shape index (κ1) is 39.9. The number of carboxylic acid groups (broad SMARTS) is 2. The molecule has 15 heteroatoms. The van der Waals surface area contributed by atoms with Gasteiger partial charge in [0.05, 0.1) is 26.4 Å². The lowest BCUT2D eigenvalue weighted by Crippen LogP contribution is -2.35. The number of methoxy groups -OCH3 is 2. The number of nitrogens with zero attached hydrogens (tertiary/aromatic N) is 4. The summed E-state index contributed by atoms with van der Waals surface area (Å²) in [5.74, 6) is -1.98. The van der Waals surface area contributed by atoms with E-state index in [1.54, 1.807) is 21.9 Å². The highest BCUT2D eigenvalue weighted by molar-refractivity contribution is 6.04. The van der Waals surface area contributed by atoms with Crippen LogP contribution in [0, 0.1) is 13.8 Å². The highest BCUT2D eigenvalue weighted by Crippen LogP contribution is 2.34. The topological polar surface area (TPSA) is 212 Å². The van der Waals surface area contributed by atoms with Gasteiger partial charge in [-0.2, -0.15) is 0 Å². The lowest BCUT2D eigenvalue weighted by Gasteiger charge is -2.22. The van der Waals surface area contributed by atoms with Crippen LogP contribution in [0.3, 0.4) is 0 Å². The van der Waals surface area contributed by atoms with E-state index in [0.29, 0.717) is 28.3 Å². The standard InChI is InChI=1S/C41H45N5O10/c1-22-24(11-36(49)32-14-37(55-3)25(16-42-32)18-45-20-27(47)12-34(45)40(51)52)7-5-8-29(22)30-9-6-10-31(23(30)2)44-39(50)33-15-38(56-4)26(17-43-33)19-46-21-28(48)13-35(46)41(53)54/h5-10,14-17,27-28,34-35,47-48H,11-13,18-21H2,1-4H3,(H,44,50)(H,51,52)(H,53,54)/t27-,28-,34+,35+/m1/s1. The molecule has 2 aliphatic rings. The van der Waals surface area contributed by atoms with Crippen LogP contribution < -0.4 is 14.8 Å².